The zero-order chi connectivity index (χ0) is 18.7. The Hall–Kier alpha value is -0.400. The summed E-state index contributed by atoms with van der Waals surface area (Å²) in [6.07, 6.45) is -11.1. The van der Waals surface area contributed by atoms with Crippen LogP contribution in [0.3, 0.4) is 0 Å². The molecule has 0 aromatic carbocycles. The van der Waals surface area contributed by atoms with Gasteiger partial charge in [-0.2, -0.15) is 0 Å². The summed E-state index contributed by atoms with van der Waals surface area (Å²) in [6.45, 7) is 1.85. The number of aliphatic hydroxyl groups is 5. The summed E-state index contributed by atoms with van der Waals surface area (Å²) in [4.78, 5) is 0. The van der Waals surface area contributed by atoms with Crippen LogP contribution in [0.4, 0.5) is 0 Å². The first-order valence-corrected chi connectivity index (χ1v) is 8.16. The maximum Gasteiger partial charge on any atom is 0.187 e. The van der Waals surface area contributed by atoms with Crippen molar-refractivity contribution in [2.45, 2.75) is 62.2 Å². The first kappa shape index (κ1) is 20.9. The van der Waals surface area contributed by atoms with Crippen LogP contribution in [-0.2, 0) is 23.7 Å². The molecule has 2 aliphatic rings. The predicted molar refractivity (Wildman–Crippen MR) is 81.4 cm³/mol. The van der Waals surface area contributed by atoms with E-state index < -0.39 is 61.2 Å². The van der Waals surface area contributed by atoms with Crippen LogP contribution in [0.25, 0.3) is 0 Å². The second-order valence-corrected chi connectivity index (χ2v) is 6.44. The van der Waals surface area contributed by atoms with Gasteiger partial charge in [0.2, 0.25) is 0 Å². The van der Waals surface area contributed by atoms with Gasteiger partial charge in [-0.15, -0.1) is 0 Å². The third kappa shape index (κ3) is 4.48. The van der Waals surface area contributed by atoms with Crippen LogP contribution in [0, 0.1) is 5.92 Å². The summed E-state index contributed by atoms with van der Waals surface area (Å²) in [5, 5.41) is 50.1. The average molecular weight is 368 g/mol. The Morgan fingerprint density at radius 3 is 1.96 bits per heavy atom. The van der Waals surface area contributed by atoms with Crippen molar-refractivity contribution in [2.24, 2.45) is 5.92 Å². The van der Waals surface area contributed by atoms with Crippen LogP contribution >= 0.6 is 0 Å². The van der Waals surface area contributed by atoms with Gasteiger partial charge >= 0.3 is 0 Å². The van der Waals surface area contributed by atoms with E-state index in [1.807, 2.05) is 0 Å². The van der Waals surface area contributed by atoms with Crippen molar-refractivity contribution < 1.29 is 49.2 Å². The molecule has 10 heteroatoms. The lowest BCUT2D eigenvalue weighted by Gasteiger charge is -2.46. The second-order valence-electron chi connectivity index (χ2n) is 6.44. The number of hydrogen-bond donors (Lipinski definition) is 5. The monoisotopic (exact) mass is 368 g/mol. The molecule has 2 saturated heterocycles. The van der Waals surface area contributed by atoms with Gasteiger partial charge in [0.15, 0.2) is 12.6 Å². The van der Waals surface area contributed by atoms with Gasteiger partial charge in [-0.3, -0.25) is 0 Å². The molecule has 148 valence electrons. The first-order chi connectivity index (χ1) is 11.8. The molecule has 0 amide bonds. The van der Waals surface area contributed by atoms with Gasteiger partial charge in [-0.1, -0.05) is 6.92 Å². The molecule has 0 saturated carbocycles. The molecule has 2 rings (SSSR count). The summed E-state index contributed by atoms with van der Waals surface area (Å²) in [7, 11) is 2.88. The third-order valence-electron chi connectivity index (χ3n) is 4.68. The van der Waals surface area contributed by atoms with Crippen molar-refractivity contribution in [2.75, 3.05) is 27.4 Å². The second kappa shape index (κ2) is 9.00. The molecule has 2 fully saturated rings. The van der Waals surface area contributed by atoms with Gasteiger partial charge in [-0.05, 0) is 0 Å². The van der Waals surface area contributed by atoms with Gasteiger partial charge in [0, 0.05) is 20.1 Å². The first-order valence-electron chi connectivity index (χ1n) is 8.16. The predicted octanol–water partition coefficient (Wildman–Crippen LogP) is -2.81. The van der Waals surface area contributed by atoms with Gasteiger partial charge in [0.05, 0.1) is 25.4 Å². The number of ether oxygens (including phenoxy) is 5. The van der Waals surface area contributed by atoms with E-state index in [4.69, 9.17) is 23.7 Å². The smallest absolute Gasteiger partial charge is 0.187 e. The Labute approximate surface area is 145 Å². The average Bonchev–Trinajstić information content (AvgIpc) is 2.58. The van der Waals surface area contributed by atoms with E-state index in [2.05, 4.69) is 0 Å². The molecule has 0 spiro atoms. The molecular formula is C15H28O10. The molecule has 0 bridgehead atoms. The molecule has 2 aliphatic heterocycles. The van der Waals surface area contributed by atoms with Crippen molar-refractivity contribution in [1.29, 1.82) is 0 Å². The summed E-state index contributed by atoms with van der Waals surface area (Å²) in [5.41, 5.74) is 0. The van der Waals surface area contributed by atoms with E-state index in [1.165, 1.54) is 14.2 Å². The Morgan fingerprint density at radius 2 is 1.36 bits per heavy atom. The van der Waals surface area contributed by atoms with Crippen molar-refractivity contribution in [1.82, 2.24) is 0 Å². The van der Waals surface area contributed by atoms with Crippen LogP contribution < -0.4 is 0 Å². The van der Waals surface area contributed by atoms with Crippen LogP contribution in [0.15, 0.2) is 0 Å². The van der Waals surface area contributed by atoms with E-state index in [-0.39, 0.29) is 13.2 Å². The molecule has 25 heavy (non-hydrogen) atoms. The number of methoxy groups -OCH3 is 2. The lowest BCUT2D eigenvalue weighted by Crippen LogP contribution is -2.63. The number of aliphatic hydroxyl groups excluding tert-OH is 5. The highest BCUT2D eigenvalue weighted by molar-refractivity contribution is 4.93. The fourth-order valence-electron chi connectivity index (χ4n) is 3.08. The fraction of sp³-hybridized carbons (Fsp3) is 1.00. The Bertz CT molecular complexity index is 410. The molecule has 2 heterocycles. The summed E-state index contributed by atoms with van der Waals surface area (Å²) < 4.78 is 26.5. The zero-order valence-electron chi connectivity index (χ0n) is 14.5. The minimum atomic E-state index is -1.60. The van der Waals surface area contributed by atoms with Gasteiger partial charge in [0.25, 0.3) is 0 Å². The van der Waals surface area contributed by atoms with Gasteiger partial charge < -0.3 is 49.2 Å². The topological polar surface area (TPSA) is 147 Å². The molecule has 10 atom stereocenters. The maximum atomic E-state index is 10.2. The van der Waals surface area contributed by atoms with Crippen LogP contribution in [0.2, 0.25) is 0 Å². The molecule has 0 aromatic heterocycles. The molecule has 10 nitrogen and oxygen atoms in total. The van der Waals surface area contributed by atoms with Crippen molar-refractivity contribution in [3.63, 3.8) is 0 Å². The molecule has 0 radical (unpaired) electrons. The normalized spacial score (nSPS) is 48.5. The van der Waals surface area contributed by atoms with E-state index in [0.29, 0.717) is 0 Å². The van der Waals surface area contributed by atoms with Crippen LogP contribution in [0.5, 0.6) is 0 Å². The Balaban J connectivity index is 2.13. The minimum absolute atomic E-state index is 0.0330. The van der Waals surface area contributed by atoms with Crippen molar-refractivity contribution in [3.05, 3.63) is 0 Å². The third-order valence-corrected chi connectivity index (χ3v) is 4.68. The maximum absolute atomic E-state index is 10.2. The van der Waals surface area contributed by atoms with E-state index in [1.54, 1.807) is 6.92 Å². The van der Waals surface area contributed by atoms with Crippen LogP contribution in [-0.4, -0.2) is 108 Å². The lowest BCUT2D eigenvalue weighted by atomic mass is 9.90. The SMILES string of the molecule is COC[C@H]1O[C@H](O[C@H]2[C@H](O)[C@@H](O)[C@@H](O)O[C@@H]2COC)[C@H](O)[C@@H](O)[C@@H]1C. The summed E-state index contributed by atoms with van der Waals surface area (Å²) in [6, 6.07) is 0. The molecular weight excluding hydrogens is 340 g/mol. The van der Waals surface area contributed by atoms with Crippen molar-refractivity contribution in [3.8, 4) is 0 Å². The molecule has 5 N–H and O–H groups in total. The largest absolute Gasteiger partial charge is 0.390 e. The lowest BCUT2D eigenvalue weighted by molar-refractivity contribution is -0.351. The van der Waals surface area contributed by atoms with E-state index in [9.17, 15) is 25.5 Å². The zero-order valence-corrected chi connectivity index (χ0v) is 14.5. The summed E-state index contributed by atoms with van der Waals surface area (Å²) >= 11 is 0. The number of rotatable bonds is 6. The highest BCUT2D eigenvalue weighted by atomic mass is 16.7. The van der Waals surface area contributed by atoms with E-state index >= 15 is 0 Å². The van der Waals surface area contributed by atoms with Gasteiger partial charge in [0.1, 0.15) is 30.5 Å². The van der Waals surface area contributed by atoms with Crippen molar-refractivity contribution >= 4 is 0 Å². The quantitative estimate of drug-likeness (QED) is 0.333. The summed E-state index contributed by atoms with van der Waals surface area (Å²) in [5.74, 6) is -0.399. The molecule has 0 unspecified atom stereocenters. The Kier molecular flexibility index (Phi) is 7.52. The standard InChI is InChI=1S/C15H28O10/c1-6-7(4-21-2)24-15(12(19)9(6)16)25-13-8(5-22-3)23-14(20)11(18)10(13)17/h6-20H,4-5H2,1-3H3/t6-,7-,8-,9+,10-,11-,12-,13-,14+,15-/m1/s1. The number of hydrogen-bond acceptors (Lipinski definition) is 10. The highest BCUT2D eigenvalue weighted by Gasteiger charge is 2.49. The highest BCUT2D eigenvalue weighted by Crippen LogP contribution is 2.31. The molecule has 0 aliphatic carbocycles. The van der Waals surface area contributed by atoms with Crippen LogP contribution in [0.1, 0.15) is 6.92 Å². The van der Waals surface area contributed by atoms with E-state index in [0.717, 1.165) is 0 Å². The minimum Gasteiger partial charge on any atom is -0.390 e. The van der Waals surface area contributed by atoms with Gasteiger partial charge in [-0.25, -0.2) is 0 Å². The fourth-order valence-corrected chi connectivity index (χ4v) is 3.08. The molecule has 0 aromatic rings. The Morgan fingerprint density at radius 1 is 0.760 bits per heavy atom.